The van der Waals surface area contributed by atoms with Crippen LogP contribution in [0.3, 0.4) is 0 Å². The molecule has 0 aliphatic heterocycles. The molecule has 3 nitrogen and oxygen atoms in total. The SMILES string of the molecule is O=C(/C=C/c1ccc(OCc2ccc3ccccc3n2)cc1)c1ccccc1. The van der Waals surface area contributed by atoms with Crippen molar-refractivity contribution in [2.75, 3.05) is 0 Å². The van der Waals surface area contributed by atoms with Crippen molar-refractivity contribution < 1.29 is 9.53 Å². The lowest BCUT2D eigenvalue weighted by Crippen LogP contribution is -1.98. The molecule has 0 atom stereocenters. The van der Waals surface area contributed by atoms with Gasteiger partial charge in [-0.3, -0.25) is 4.79 Å². The summed E-state index contributed by atoms with van der Waals surface area (Å²) in [5, 5.41) is 1.12. The molecule has 136 valence electrons. The van der Waals surface area contributed by atoms with Crippen molar-refractivity contribution in [2.45, 2.75) is 6.61 Å². The highest BCUT2D eigenvalue weighted by Crippen LogP contribution is 2.17. The molecule has 0 aliphatic rings. The van der Waals surface area contributed by atoms with Gasteiger partial charge in [0.15, 0.2) is 5.78 Å². The van der Waals surface area contributed by atoms with Crippen molar-refractivity contribution >= 4 is 22.8 Å². The largest absolute Gasteiger partial charge is 0.487 e. The zero-order valence-corrected chi connectivity index (χ0v) is 15.3. The number of rotatable bonds is 6. The summed E-state index contributed by atoms with van der Waals surface area (Å²) in [5.41, 5.74) is 3.48. The number of ether oxygens (including phenoxy) is 1. The first-order valence-electron chi connectivity index (χ1n) is 9.13. The lowest BCUT2D eigenvalue weighted by molar-refractivity contribution is 0.104. The highest BCUT2D eigenvalue weighted by atomic mass is 16.5. The average molecular weight is 365 g/mol. The molecule has 1 heterocycles. The minimum atomic E-state index is -0.0108. The summed E-state index contributed by atoms with van der Waals surface area (Å²) in [7, 11) is 0. The Morgan fingerprint density at radius 1 is 0.821 bits per heavy atom. The number of hydrogen-bond acceptors (Lipinski definition) is 3. The van der Waals surface area contributed by atoms with E-state index in [4.69, 9.17) is 4.74 Å². The van der Waals surface area contributed by atoms with Crippen LogP contribution < -0.4 is 4.74 Å². The highest BCUT2D eigenvalue weighted by Gasteiger charge is 2.01. The van der Waals surface area contributed by atoms with Crippen LogP contribution in [0.25, 0.3) is 17.0 Å². The second-order valence-corrected chi connectivity index (χ2v) is 6.42. The van der Waals surface area contributed by atoms with Crippen LogP contribution in [0.15, 0.2) is 97.1 Å². The molecular formula is C25H19NO2. The maximum absolute atomic E-state index is 12.1. The maximum atomic E-state index is 12.1. The molecule has 3 aromatic carbocycles. The summed E-state index contributed by atoms with van der Waals surface area (Å²) in [6.45, 7) is 0.409. The van der Waals surface area contributed by atoms with Crippen LogP contribution in [0.5, 0.6) is 5.75 Å². The summed E-state index contributed by atoms with van der Waals surface area (Å²) in [4.78, 5) is 16.7. The van der Waals surface area contributed by atoms with Gasteiger partial charge in [-0.1, -0.05) is 72.8 Å². The molecule has 28 heavy (non-hydrogen) atoms. The Morgan fingerprint density at radius 3 is 2.39 bits per heavy atom. The van der Waals surface area contributed by atoms with Gasteiger partial charge in [0.1, 0.15) is 12.4 Å². The third kappa shape index (κ3) is 4.33. The second-order valence-electron chi connectivity index (χ2n) is 6.42. The Labute approximate surface area is 163 Å². The number of aromatic nitrogens is 1. The normalized spacial score (nSPS) is 11.0. The van der Waals surface area contributed by atoms with E-state index in [-0.39, 0.29) is 5.78 Å². The Bertz CT molecular complexity index is 1120. The van der Waals surface area contributed by atoms with Crippen molar-refractivity contribution in [1.29, 1.82) is 0 Å². The second kappa shape index (κ2) is 8.31. The Hall–Kier alpha value is -3.72. The van der Waals surface area contributed by atoms with E-state index in [1.54, 1.807) is 6.08 Å². The maximum Gasteiger partial charge on any atom is 0.185 e. The first-order valence-corrected chi connectivity index (χ1v) is 9.13. The summed E-state index contributed by atoms with van der Waals surface area (Å²) in [6.07, 6.45) is 3.40. The van der Waals surface area contributed by atoms with E-state index in [1.807, 2.05) is 91.0 Å². The number of nitrogens with zero attached hydrogens (tertiary/aromatic N) is 1. The van der Waals surface area contributed by atoms with Gasteiger partial charge in [0, 0.05) is 10.9 Å². The van der Waals surface area contributed by atoms with Crippen molar-refractivity contribution in [3.05, 3.63) is 114 Å². The summed E-state index contributed by atoms with van der Waals surface area (Å²) >= 11 is 0. The Balaban J connectivity index is 1.37. The minimum absolute atomic E-state index is 0.0108. The Kier molecular flexibility index (Phi) is 5.25. The van der Waals surface area contributed by atoms with Crippen LogP contribution >= 0.6 is 0 Å². The number of allylic oxidation sites excluding steroid dienone is 1. The molecule has 1 aromatic heterocycles. The number of para-hydroxylation sites is 1. The molecule has 4 rings (SSSR count). The fraction of sp³-hybridized carbons (Fsp3) is 0.0400. The van der Waals surface area contributed by atoms with Gasteiger partial charge in [0.05, 0.1) is 11.2 Å². The van der Waals surface area contributed by atoms with E-state index in [2.05, 4.69) is 11.1 Å². The van der Waals surface area contributed by atoms with Gasteiger partial charge < -0.3 is 4.74 Å². The van der Waals surface area contributed by atoms with E-state index < -0.39 is 0 Å². The molecule has 0 unspecified atom stereocenters. The van der Waals surface area contributed by atoms with Gasteiger partial charge in [-0.15, -0.1) is 0 Å². The molecule has 0 amide bonds. The predicted molar refractivity (Wildman–Crippen MR) is 112 cm³/mol. The smallest absolute Gasteiger partial charge is 0.185 e. The standard InChI is InChI=1S/C25H19NO2/c27-25(21-7-2-1-3-8-21)17-12-19-10-15-23(16-11-19)28-18-22-14-13-20-6-4-5-9-24(20)26-22/h1-17H,18H2/b17-12+. The molecular weight excluding hydrogens is 346 g/mol. The molecule has 3 heteroatoms. The van der Waals surface area contributed by atoms with E-state index in [9.17, 15) is 4.79 Å². The van der Waals surface area contributed by atoms with Crippen LogP contribution in [-0.4, -0.2) is 10.8 Å². The number of hydrogen-bond donors (Lipinski definition) is 0. The van der Waals surface area contributed by atoms with E-state index >= 15 is 0 Å². The molecule has 0 saturated heterocycles. The third-order valence-electron chi connectivity index (χ3n) is 4.41. The quantitative estimate of drug-likeness (QED) is 0.324. The number of carbonyl (C=O) groups is 1. The number of fused-ring (bicyclic) bond motifs is 1. The molecule has 0 spiro atoms. The van der Waals surface area contributed by atoms with E-state index in [1.165, 1.54) is 0 Å². The molecule has 0 N–H and O–H groups in total. The monoisotopic (exact) mass is 365 g/mol. The van der Waals surface area contributed by atoms with Gasteiger partial charge in [-0.2, -0.15) is 0 Å². The third-order valence-corrected chi connectivity index (χ3v) is 4.41. The van der Waals surface area contributed by atoms with Gasteiger partial charge in [-0.25, -0.2) is 4.98 Å². The fourth-order valence-electron chi connectivity index (χ4n) is 2.89. The summed E-state index contributed by atoms with van der Waals surface area (Å²) in [6, 6.07) is 28.9. The minimum Gasteiger partial charge on any atom is -0.487 e. The molecule has 0 aliphatic carbocycles. The van der Waals surface area contributed by atoms with Crippen LogP contribution in [-0.2, 0) is 6.61 Å². The summed E-state index contributed by atoms with van der Waals surface area (Å²) < 4.78 is 5.84. The zero-order chi connectivity index (χ0) is 19.2. The highest BCUT2D eigenvalue weighted by molar-refractivity contribution is 6.06. The van der Waals surface area contributed by atoms with Gasteiger partial charge in [0.25, 0.3) is 0 Å². The summed E-state index contributed by atoms with van der Waals surface area (Å²) in [5.74, 6) is 0.754. The zero-order valence-electron chi connectivity index (χ0n) is 15.3. The molecule has 0 bridgehead atoms. The van der Waals surface area contributed by atoms with Gasteiger partial charge in [-0.05, 0) is 35.9 Å². The molecule has 0 radical (unpaired) electrons. The number of carbonyl (C=O) groups excluding carboxylic acids is 1. The number of benzene rings is 3. The van der Waals surface area contributed by atoms with E-state index in [0.717, 1.165) is 27.9 Å². The topological polar surface area (TPSA) is 39.2 Å². The van der Waals surface area contributed by atoms with Crippen LogP contribution in [0.1, 0.15) is 21.6 Å². The van der Waals surface area contributed by atoms with Crippen LogP contribution in [0.4, 0.5) is 0 Å². The van der Waals surface area contributed by atoms with Crippen LogP contribution in [0, 0.1) is 0 Å². The van der Waals surface area contributed by atoms with Crippen molar-refractivity contribution in [3.8, 4) is 5.75 Å². The first-order chi connectivity index (χ1) is 13.8. The first kappa shape index (κ1) is 17.7. The average Bonchev–Trinajstić information content (AvgIpc) is 2.77. The predicted octanol–water partition coefficient (Wildman–Crippen LogP) is 5.71. The van der Waals surface area contributed by atoms with Crippen molar-refractivity contribution in [2.24, 2.45) is 0 Å². The van der Waals surface area contributed by atoms with Gasteiger partial charge >= 0.3 is 0 Å². The molecule has 0 fully saturated rings. The molecule has 4 aromatic rings. The lowest BCUT2D eigenvalue weighted by atomic mass is 10.1. The molecule has 0 saturated carbocycles. The fourth-order valence-corrected chi connectivity index (χ4v) is 2.89. The van der Waals surface area contributed by atoms with E-state index in [0.29, 0.717) is 12.2 Å². The van der Waals surface area contributed by atoms with Crippen molar-refractivity contribution in [3.63, 3.8) is 0 Å². The number of ketones is 1. The lowest BCUT2D eigenvalue weighted by Gasteiger charge is -2.07. The Morgan fingerprint density at radius 2 is 1.57 bits per heavy atom. The van der Waals surface area contributed by atoms with Gasteiger partial charge in [0.2, 0.25) is 0 Å². The number of pyridine rings is 1. The van der Waals surface area contributed by atoms with Crippen molar-refractivity contribution in [1.82, 2.24) is 4.98 Å². The van der Waals surface area contributed by atoms with Crippen LogP contribution in [0.2, 0.25) is 0 Å².